The van der Waals surface area contributed by atoms with E-state index in [4.69, 9.17) is 4.74 Å². The maximum Gasteiger partial charge on any atom is 0.411 e. The van der Waals surface area contributed by atoms with E-state index in [0.717, 1.165) is 11.0 Å². The fourth-order valence-corrected chi connectivity index (χ4v) is 2.25. The van der Waals surface area contributed by atoms with Crippen LogP contribution in [0.25, 0.3) is 0 Å². The van der Waals surface area contributed by atoms with E-state index in [1.165, 1.54) is 19.1 Å². The van der Waals surface area contributed by atoms with Crippen LogP contribution in [0.5, 0.6) is 0 Å². The van der Waals surface area contributed by atoms with Crippen molar-refractivity contribution in [1.29, 1.82) is 0 Å². The van der Waals surface area contributed by atoms with Crippen molar-refractivity contribution in [3.8, 4) is 0 Å². The quantitative estimate of drug-likeness (QED) is 0.753. The maximum atomic E-state index is 14.3. The fourth-order valence-electron chi connectivity index (χ4n) is 2.25. The summed E-state index contributed by atoms with van der Waals surface area (Å²) >= 11 is 0. The largest absolute Gasteiger partial charge is 0.465 e. The van der Waals surface area contributed by atoms with Gasteiger partial charge in [-0.3, -0.25) is 4.90 Å². The third-order valence-corrected chi connectivity index (χ3v) is 3.50. The number of aliphatic hydroxyl groups excluding tert-OH is 1. The summed E-state index contributed by atoms with van der Waals surface area (Å²) in [6.07, 6.45) is -2.01. The van der Waals surface area contributed by atoms with Crippen molar-refractivity contribution in [3.63, 3.8) is 0 Å². The Hall–Kier alpha value is -2.35. The second kappa shape index (κ2) is 7.69. The lowest BCUT2D eigenvalue weighted by Gasteiger charge is -2.32. The molecule has 25 heavy (non-hydrogen) atoms. The Kier molecular flexibility index (Phi) is 6.37. The first-order chi connectivity index (χ1) is 11.4. The van der Waals surface area contributed by atoms with E-state index in [0.29, 0.717) is 0 Å². The molecule has 0 unspecified atom stereocenters. The molecule has 2 amide bonds. The van der Waals surface area contributed by atoms with Crippen LogP contribution in [-0.4, -0.2) is 41.2 Å². The molecule has 1 rings (SSSR count). The van der Waals surface area contributed by atoms with Gasteiger partial charge >= 0.3 is 12.2 Å². The van der Waals surface area contributed by atoms with Gasteiger partial charge < -0.3 is 20.3 Å². The van der Waals surface area contributed by atoms with Crippen LogP contribution in [0.4, 0.5) is 19.7 Å². The topological polar surface area (TPSA) is 99.1 Å². The average Bonchev–Trinajstić information content (AvgIpc) is 2.46. The van der Waals surface area contributed by atoms with Crippen molar-refractivity contribution in [3.05, 3.63) is 29.6 Å². The molecule has 0 aliphatic carbocycles. The molecule has 7 nitrogen and oxygen atoms in total. The molecule has 0 bridgehead atoms. The number of nitrogens with zero attached hydrogens (tertiary/aromatic N) is 1. The highest BCUT2D eigenvalue weighted by Gasteiger charge is 2.33. The molecule has 0 aliphatic heterocycles. The van der Waals surface area contributed by atoms with E-state index in [1.54, 1.807) is 27.7 Å². The Balaban J connectivity index is 3.24. The molecule has 1 aromatic rings. The van der Waals surface area contributed by atoms with Gasteiger partial charge in [-0.05, 0) is 52.8 Å². The molecule has 0 radical (unpaired) electrons. The lowest BCUT2D eigenvalue weighted by Crippen LogP contribution is -2.48. The van der Waals surface area contributed by atoms with Gasteiger partial charge in [-0.25, -0.2) is 14.0 Å². The molecule has 140 valence electrons. The summed E-state index contributed by atoms with van der Waals surface area (Å²) in [6.45, 7) is 7.65. The molecule has 0 saturated carbocycles. The van der Waals surface area contributed by atoms with Crippen molar-refractivity contribution in [2.24, 2.45) is 0 Å². The van der Waals surface area contributed by atoms with Gasteiger partial charge in [0.05, 0.1) is 12.1 Å². The Morgan fingerprint density at radius 3 is 2.32 bits per heavy atom. The summed E-state index contributed by atoms with van der Waals surface area (Å²) in [4.78, 5) is 24.3. The predicted molar refractivity (Wildman–Crippen MR) is 91.3 cm³/mol. The Labute approximate surface area is 146 Å². The highest BCUT2D eigenvalue weighted by atomic mass is 19.1. The van der Waals surface area contributed by atoms with Gasteiger partial charge in [0.2, 0.25) is 0 Å². The number of amides is 2. The van der Waals surface area contributed by atoms with Crippen LogP contribution in [-0.2, 0) is 10.3 Å². The van der Waals surface area contributed by atoms with Crippen molar-refractivity contribution in [1.82, 2.24) is 5.32 Å². The Bertz CT molecular complexity index is 644. The Morgan fingerprint density at radius 2 is 1.88 bits per heavy atom. The number of hydrogen-bond acceptors (Lipinski definition) is 4. The first-order valence-electron chi connectivity index (χ1n) is 7.86. The SMILES string of the molecule is CCN(C(=O)O)c1ccc(F)c([C@](C)(CO)NC(=O)OC(C)(C)C)c1. The number of carbonyl (C=O) groups is 2. The molecule has 8 heteroatoms. The second-order valence-electron chi connectivity index (χ2n) is 6.81. The maximum absolute atomic E-state index is 14.3. The van der Waals surface area contributed by atoms with Gasteiger partial charge in [0.25, 0.3) is 0 Å². The number of rotatable bonds is 5. The van der Waals surface area contributed by atoms with Crippen LogP contribution in [0, 0.1) is 5.82 Å². The lowest BCUT2D eigenvalue weighted by atomic mass is 9.92. The zero-order chi connectivity index (χ0) is 19.4. The molecule has 3 N–H and O–H groups in total. The summed E-state index contributed by atoms with van der Waals surface area (Å²) in [5.41, 5.74) is -2.06. The summed E-state index contributed by atoms with van der Waals surface area (Å²) < 4.78 is 19.5. The summed E-state index contributed by atoms with van der Waals surface area (Å²) in [5, 5.41) is 21.4. The Morgan fingerprint density at radius 1 is 1.28 bits per heavy atom. The van der Waals surface area contributed by atoms with Gasteiger partial charge in [-0.2, -0.15) is 0 Å². The number of carbonyl (C=O) groups excluding carboxylic acids is 1. The normalized spacial score (nSPS) is 13.7. The third kappa shape index (κ3) is 5.32. The van der Waals surface area contributed by atoms with E-state index >= 15 is 0 Å². The number of aliphatic hydroxyl groups is 1. The molecule has 1 aromatic carbocycles. The minimum atomic E-state index is -1.49. The average molecular weight is 356 g/mol. The number of benzene rings is 1. The van der Waals surface area contributed by atoms with Crippen LogP contribution >= 0.6 is 0 Å². The first-order valence-corrected chi connectivity index (χ1v) is 7.86. The molecule has 1 atom stereocenters. The van der Waals surface area contributed by atoms with Crippen molar-refractivity contribution in [2.45, 2.75) is 45.8 Å². The number of carboxylic acid groups (broad SMARTS) is 1. The van der Waals surface area contributed by atoms with E-state index in [1.807, 2.05) is 0 Å². The van der Waals surface area contributed by atoms with E-state index in [2.05, 4.69) is 5.32 Å². The molecule has 0 aromatic heterocycles. The van der Waals surface area contributed by atoms with E-state index < -0.39 is 35.8 Å². The van der Waals surface area contributed by atoms with Crippen molar-refractivity contribution in [2.75, 3.05) is 18.1 Å². The third-order valence-electron chi connectivity index (χ3n) is 3.50. The number of hydrogen-bond donors (Lipinski definition) is 3. The van der Waals surface area contributed by atoms with Crippen molar-refractivity contribution >= 4 is 17.9 Å². The predicted octanol–water partition coefficient (Wildman–Crippen LogP) is 3.06. The molecule has 0 spiro atoms. The van der Waals surface area contributed by atoms with Crippen LogP contribution in [0.3, 0.4) is 0 Å². The second-order valence-corrected chi connectivity index (χ2v) is 6.81. The fraction of sp³-hybridized carbons (Fsp3) is 0.529. The highest BCUT2D eigenvalue weighted by molar-refractivity contribution is 5.86. The number of halogens is 1. The van der Waals surface area contributed by atoms with Crippen LogP contribution < -0.4 is 10.2 Å². The first kappa shape index (κ1) is 20.7. The lowest BCUT2D eigenvalue weighted by molar-refractivity contribution is 0.0408. The van der Waals surface area contributed by atoms with Gasteiger partial charge in [0, 0.05) is 17.8 Å². The molecule has 0 saturated heterocycles. The minimum Gasteiger partial charge on any atom is -0.465 e. The zero-order valence-electron chi connectivity index (χ0n) is 15.1. The molecular weight excluding hydrogens is 331 g/mol. The summed E-state index contributed by atoms with van der Waals surface area (Å²) in [6, 6.07) is 3.71. The number of nitrogens with one attached hydrogen (secondary N) is 1. The highest BCUT2D eigenvalue weighted by Crippen LogP contribution is 2.28. The molecule has 0 aliphatic rings. The van der Waals surface area contributed by atoms with E-state index in [-0.39, 0.29) is 17.8 Å². The van der Waals surface area contributed by atoms with Gasteiger partial charge in [-0.15, -0.1) is 0 Å². The van der Waals surface area contributed by atoms with Crippen LogP contribution in [0.1, 0.15) is 40.2 Å². The minimum absolute atomic E-state index is 0.0435. The smallest absolute Gasteiger partial charge is 0.411 e. The number of ether oxygens (including phenoxy) is 1. The van der Waals surface area contributed by atoms with Gasteiger partial charge in [0.15, 0.2) is 0 Å². The zero-order valence-corrected chi connectivity index (χ0v) is 15.1. The molecule has 0 heterocycles. The van der Waals surface area contributed by atoms with Gasteiger partial charge in [-0.1, -0.05) is 0 Å². The van der Waals surface area contributed by atoms with Crippen LogP contribution in [0.2, 0.25) is 0 Å². The number of alkyl carbamates (subject to hydrolysis) is 1. The number of anilines is 1. The standard InChI is InChI=1S/C17H25FN2O5/c1-6-20(15(23)24)11-7-8-13(18)12(9-11)17(5,10-21)19-14(22)25-16(2,3)4/h7-9,21H,6,10H2,1-5H3,(H,19,22)(H,23,24)/t17-/m0/s1. The summed E-state index contributed by atoms with van der Waals surface area (Å²) in [7, 11) is 0. The molecule has 0 fully saturated rings. The summed E-state index contributed by atoms with van der Waals surface area (Å²) in [5.74, 6) is -0.683. The monoisotopic (exact) mass is 356 g/mol. The van der Waals surface area contributed by atoms with Crippen molar-refractivity contribution < 1.29 is 28.9 Å². The van der Waals surface area contributed by atoms with Crippen LogP contribution in [0.15, 0.2) is 18.2 Å². The molecular formula is C17H25FN2O5. The van der Waals surface area contributed by atoms with E-state index in [9.17, 15) is 24.2 Å². The van der Waals surface area contributed by atoms with Gasteiger partial charge in [0.1, 0.15) is 11.4 Å².